The number of aromatic nitrogens is 3. The van der Waals surface area contributed by atoms with Gasteiger partial charge in [-0.2, -0.15) is 0 Å². The van der Waals surface area contributed by atoms with Crippen LogP contribution in [-0.2, 0) is 35.7 Å². The fraction of sp³-hybridized carbons (Fsp3) is 0.143. The smallest absolute Gasteiger partial charge is 0.329 e. The molecule has 0 atom stereocenters. The van der Waals surface area contributed by atoms with Gasteiger partial charge in [0.25, 0.3) is 10.0 Å². The average Bonchev–Trinajstić information content (AvgIpc) is 3.13. The summed E-state index contributed by atoms with van der Waals surface area (Å²) in [7, 11) is -2.73. The molecule has 0 aromatic carbocycles. The van der Waals surface area contributed by atoms with Crippen molar-refractivity contribution in [2.24, 2.45) is 0 Å². The van der Waals surface area contributed by atoms with Crippen molar-refractivity contribution in [2.75, 3.05) is 7.05 Å². The number of hydroxylamine groups is 2. The Hall–Kier alpha value is -3.83. The Balaban J connectivity index is 1.83. The zero-order valence-electron chi connectivity index (χ0n) is 17.1. The molecule has 0 aliphatic carbocycles. The SMILES string of the molecule is Cc1ncccc1-c1cc(CC2=CC(=O)ON(C)OC2=O)cn1S(=O)(=O)c1cccnc1. The van der Waals surface area contributed by atoms with Crippen LogP contribution in [-0.4, -0.2) is 46.6 Å². The topological polar surface area (TPSA) is 121 Å². The summed E-state index contributed by atoms with van der Waals surface area (Å²) in [5.41, 5.74) is 2.07. The maximum absolute atomic E-state index is 13.4. The normalized spacial score (nSPS) is 15.0. The first-order valence-corrected chi connectivity index (χ1v) is 10.9. The van der Waals surface area contributed by atoms with Gasteiger partial charge in [-0.15, -0.1) is 0 Å². The van der Waals surface area contributed by atoms with Crippen LogP contribution in [0.25, 0.3) is 11.3 Å². The van der Waals surface area contributed by atoms with Crippen LogP contribution in [0.15, 0.2) is 71.7 Å². The molecule has 0 spiro atoms. The van der Waals surface area contributed by atoms with Gasteiger partial charge in [-0.05, 0) is 42.8 Å². The minimum atomic E-state index is -4.00. The number of carbonyl (C=O) groups excluding carboxylic acids is 2. The van der Waals surface area contributed by atoms with E-state index in [0.717, 1.165) is 10.0 Å². The Bertz CT molecular complexity index is 1330. The summed E-state index contributed by atoms with van der Waals surface area (Å²) < 4.78 is 27.9. The predicted octanol–water partition coefficient (Wildman–Crippen LogP) is 1.82. The van der Waals surface area contributed by atoms with Crippen LogP contribution < -0.4 is 0 Å². The molecule has 0 unspecified atom stereocenters. The summed E-state index contributed by atoms with van der Waals surface area (Å²) in [5, 5.41) is 0.663. The first kappa shape index (κ1) is 21.4. The van der Waals surface area contributed by atoms with Crippen molar-refractivity contribution in [1.29, 1.82) is 0 Å². The largest absolute Gasteiger partial charge is 0.357 e. The van der Waals surface area contributed by atoms with Gasteiger partial charge in [0.2, 0.25) is 0 Å². The van der Waals surface area contributed by atoms with Gasteiger partial charge in [-0.25, -0.2) is 22.0 Å². The number of hydrogen-bond donors (Lipinski definition) is 0. The van der Waals surface area contributed by atoms with E-state index in [1.807, 2.05) is 0 Å². The Kier molecular flexibility index (Phi) is 5.59. The van der Waals surface area contributed by atoms with Crippen LogP contribution in [0.1, 0.15) is 11.3 Å². The minimum absolute atomic E-state index is 0.00300. The van der Waals surface area contributed by atoms with E-state index < -0.39 is 22.0 Å². The maximum atomic E-state index is 13.4. The molecule has 0 saturated carbocycles. The molecular weight excluding hydrogens is 436 g/mol. The van der Waals surface area contributed by atoms with E-state index in [-0.39, 0.29) is 16.9 Å². The van der Waals surface area contributed by atoms with Gasteiger partial charge in [0.05, 0.1) is 18.3 Å². The monoisotopic (exact) mass is 454 g/mol. The van der Waals surface area contributed by atoms with Crippen molar-refractivity contribution >= 4 is 22.0 Å². The zero-order valence-corrected chi connectivity index (χ0v) is 17.9. The summed E-state index contributed by atoms with van der Waals surface area (Å²) >= 11 is 0. The molecular formula is C21H18N4O6S. The summed E-state index contributed by atoms with van der Waals surface area (Å²) in [6.07, 6.45) is 6.71. The Morgan fingerprint density at radius 1 is 1.09 bits per heavy atom. The fourth-order valence-electron chi connectivity index (χ4n) is 3.25. The number of pyridine rings is 2. The third-order valence-corrected chi connectivity index (χ3v) is 6.35. The molecule has 0 N–H and O–H groups in total. The minimum Gasteiger partial charge on any atom is -0.329 e. The third kappa shape index (κ3) is 4.15. The molecule has 1 aliphatic heterocycles. The fourth-order valence-corrected chi connectivity index (χ4v) is 4.60. The van der Waals surface area contributed by atoms with Crippen LogP contribution >= 0.6 is 0 Å². The molecule has 3 aromatic heterocycles. The van der Waals surface area contributed by atoms with Crippen LogP contribution in [0.4, 0.5) is 0 Å². The first-order valence-electron chi connectivity index (χ1n) is 9.43. The van der Waals surface area contributed by atoms with Crippen molar-refractivity contribution in [2.45, 2.75) is 18.2 Å². The number of rotatable bonds is 5. The zero-order chi connectivity index (χ0) is 22.9. The van der Waals surface area contributed by atoms with Gasteiger partial charge in [-0.3, -0.25) is 9.97 Å². The van der Waals surface area contributed by atoms with Gasteiger partial charge in [0.1, 0.15) is 4.90 Å². The van der Waals surface area contributed by atoms with E-state index >= 15 is 0 Å². The third-order valence-electron chi connectivity index (χ3n) is 4.70. The van der Waals surface area contributed by atoms with Crippen LogP contribution in [0.3, 0.4) is 0 Å². The Morgan fingerprint density at radius 3 is 2.59 bits per heavy atom. The molecule has 0 bridgehead atoms. The van der Waals surface area contributed by atoms with E-state index in [4.69, 9.17) is 9.68 Å². The van der Waals surface area contributed by atoms with Crippen molar-refractivity contribution in [3.8, 4) is 11.3 Å². The highest BCUT2D eigenvalue weighted by Gasteiger charge is 2.26. The highest BCUT2D eigenvalue weighted by atomic mass is 32.2. The molecule has 4 rings (SSSR count). The summed E-state index contributed by atoms with van der Waals surface area (Å²) in [4.78, 5) is 41.9. The lowest BCUT2D eigenvalue weighted by Crippen LogP contribution is -2.23. The average molecular weight is 454 g/mol. The van der Waals surface area contributed by atoms with Crippen molar-refractivity contribution < 1.29 is 27.7 Å². The van der Waals surface area contributed by atoms with E-state index in [9.17, 15) is 18.0 Å². The van der Waals surface area contributed by atoms with E-state index in [2.05, 4.69) is 9.97 Å². The van der Waals surface area contributed by atoms with Crippen molar-refractivity contribution in [3.05, 3.63) is 78.0 Å². The molecule has 0 saturated heterocycles. The van der Waals surface area contributed by atoms with Crippen LogP contribution in [0.5, 0.6) is 0 Å². The second-order valence-electron chi connectivity index (χ2n) is 6.93. The molecule has 4 heterocycles. The van der Waals surface area contributed by atoms with Gasteiger partial charge in [0.15, 0.2) is 0 Å². The number of carbonyl (C=O) groups is 2. The second kappa shape index (κ2) is 8.36. The lowest BCUT2D eigenvalue weighted by Gasteiger charge is -2.11. The van der Waals surface area contributed by atoms with Gasteiger partial charge >= 0.3 is 11.9 Å². The van der Waals surface area contributed by atoms with Gasteiger partial charge in [-0.1, -0.05) is 0 Å². The quantitative estimate of drug-likeness (QED) is 0.568. The predicted molar refractivity (Wildman–Crippen MR) is 111 cm³/mol. The molecule has 10 nitrogen and oxygen atoms in total. The molecule has 3 aromatic rings. The summed E-state index contributed by atoms with van der Waals surface area (Å²) in [6.45, 7) is 1.76. The molecule has 1 aliphatic rings. The van der Waals surface area contributed by atoms with E-state index in [1.165, 1.54) is 37.8 Å². The molecule has 164 valence electrons. The Morgan fingerprint density at radius 2 is 1.88 bits per heavy atom. The highest BCUT2D eigenvalue weighted by molar-refractivity contribution is 7.90. The number of hydrogen-bond acceptors (Lipinski definition) is 9. The lowest BCUT2D eigenvalue weighted by molar-refractivity contribution is -0.304. The van der Waals surface area contributed by atoms with Crippen LogP contribution in [0.2, 0.25) is 0 Å². The summed E-state index contributed by atoms with van der Waals surface area (Å²) in [6, 6.07) is 8.06. The van der Waals surface area contributed by atoms with Gasteiger partial charge < -0.3 is 9.68 Å². The second-order valence-corrected chi connectivity index (χ2v) is 8.75. The van der Waals surface area contributed by atoms with Gasteiger partial charge in [0, 0.05) is 53.8 Å². The molecule has 0 radical (unpaired) electrons. The number of nitrogens with zero attached hydrogens (tertiary/aromatic N) is 4. The summed E-state index contributed by atoms with van der Waals surface area (Å²) in [5.74, 6) is -1.56. The maximum Gasteiger partial charge on any atom is 0.357 e. The van der Waals surface area contributed by atoms with E-state index in [1.54, 1.807) is 31.3 Å². The van der Waals surface area contributed by atoms with E-state index in [0.29, 0.717) is 27.7 Å². The van der Waals surface area contributed by atoms with Crippen LogP contribution in [0, 0.1) is 6.92 Å². The molecule has 11 heteroatoms. The molecule has 0 fully saturated rings. The van der Waals surface area contributed by atoms with Crippen molar-refractivity contribution in [1.82, 2.24) is 19.2 Å². The standard InChI is InChI=1S/C21H18N4O6S/c1-14-18(6-4-8-23-14)19-10-15(9-16-11-20(26)30-24(2)31-21(16)27)13-25(19)32(28,29)17-5-3-7-22-12-17/h3-8,10-13H,9H2,1-2H3. The molecule has 32 heavy (non-hydrogen) atoms. The highest BCUT2D eigenvalue weighted by Crippen LogP contribution is 2.29. The number of aryl methyl sites for hydroxylation is 1. The first-order chi connectivity index (χ1) is 15.3. The lowest BCUT2D eigenvalue weighted by atomic mass is 10.1. The van der Waals surface area contributed by atoms with Crippen molar-refractivity contribution in [3.63, 3.8) is 0 Å². The molecule has 0 amide bonds. The Labute approximate surface area is 183 Å².